The molecule has 0 aromatic heterocycles. The molecule has 1 unspecified atom stereocenters. The first-order chi connectivity index (χ1) is 12.1. The van der Waals surface area contributed by atoms with Gasteiger partial charge >= 0.3 is 0 Å². The highest BCUT2D eigenvalue weighted by Gasteiger charge is 2.22. The normalized spacial score (nSPS) is 11.8. The number of benzene rings is 3. The van der Waals surface area contributed by atoms with Crippen LogP contribution in [-0.2, 0) is 4.79 Å². The van der Waals surface area contributed by atoms with Crippen LogP contribution in [0.1, 0.15) is 10.8 Å². The third-order valence-electron chi connectivity index (χ3n) is 3.52. The Morgan fingerprint density at radius 2 is 1.48 bits per heavy atom. The van der Waals surface area contributed by atoms with E-state index in [1.807, 2.05) is 60.7 Å². The van der Waals surface area contributed by atoms with Crippen molar-refractivity contribution in [1.29, 1.82) is 0 Å². The molecule has 3 rings (SSSR count). The third-order valence-corrected chi connectivity index (χ3v) is 5.53. The number of thioether (sulfide) groups is 1. The Balaban J connectivity index is 1.85. The number of nitrogens with one attached hydrogen (secondary N) is 1. The highest BCUT2D eigenvalue weighted by molar-refractivity contribution is 8.00. The maximum absolute atomic E-state index is 12.9. The fourth-order valence-electron chi connectivity index (χ4n) is 2.32. The molecule has 0 aliphatic heterocycles. The van der Waals surface area contributed by atoms with E-state index in [0.717, 1.165) is 10.5 Å². The van der Waals surface area contributed by atoms with E-state index in [-0.39, 0.29) is 11.2 Å². The molecule has 0 bridgehead atoms. The first-order valence-corrected chi connectivity index (χ1v) is 9.29. The summed E-state index contributed by atoms with van der Waals surface area (Å²) in [7, 11) is 0. The highest BCUT2D eigenvalue weighted by Crippen LogP contribution is 2.36. The molecule has 25 heavy (non-hydrogen) atoms. The van der Waals surface area contributed by atoms with Crippen molar-refractivity contribution in [1.82, 2.24) is 0 Å². The van der Waals surface area contributed by atoms with Crippen molar-refractivity contribution < 1.29 is 4.79 Å². The van der Waals surface area contributed by atoms with Crippen LogP contribution in [0.25, 0.3) is 0 Å². The van der Waals surface area contributed by atoms with Crippen molar-refractivity contribution in [2.75, 3.05) is 5.32 Å². The predicted molar refractivity (Wildman–Crippen MR) is 107 cm³/mol. The van der Waals surface area contributed by atoms with Crippen LogP contribution in [0, 0.1) is 0 Å². The Hall–Kier alpha value is -1.94. The molecule has 5 heteroatoms. The van der Waals surface area contributed by atoms with E-state index < -0.39 is 0 Å². The van der Waals surface area contributed by atoms with Crippen molar-refractivity contribution in [3.63, 3.8) is 0 Å². The maximum Gasteiger partial charge on any atom is 0.242 e. The molecule has 0 aliphatic carbocycles. The molecule has 0 aliphatic rings. The second kappa shape index (κ2) is 8.43. The Morgan fingerprint density at radius 3 is 2.12 bits per heavy atom. The van der Waals surface area contributed by atoms with Crippen LogP contribution in [0.5, 0.6) is 0 Å². The molecule has 0 heterocycles. The third kappa shape index (κ3) is 4.79. The Labute approximate surface area is 161 Å². The minimum atomic E-state index is -0.377. The minimum absolute atomic E-state index is 0.113. The molecule has 3 aromatic carbocycles. The molecule has 0 saturated carbocycles. The summed E-state index contributed by atoms with van der Waals surface area (Å²) in [4.78, 5) is 13.9. The average molecular weight is 388 g/mol. The zero-order valence-corrected chi connectivity index (χ0v) is 15.5. The van der Waals surface area contributed by atoms with Gasteiger partial charge < -0.3 is 5.32 Å². The van der Waals surface area contributed by atoms with E-state index in [1.54, 1.807) is 18.2 Å². The maximum atomic E-state index is 12.9. The van der Waals surface area contributed by atoms with Crippen LogP contribution in [0.4, 0.5) is 5.69 Å². The topological polar surface area (TPSA) is 29.1 Å². The first-order valence-electron chi connectivity index (χ1n) is 7.66. The average Bonchev–Trinajstić information content (AvgIpc) is 2.64. The summed E-state index contributed by atoms with van der Waals surface area (Å²) < 4.78 is 0. The van der Waals surface area contributed by atoms with Crippen molar-refractivity contribution >= 4 is 46.6 Å². The highest BCUT2D eigenvalue weighted by atomic mass is 35.5. The number of carbonyl (C=O) groups excluding carboxylic acids is 1. The predicted octanol–water partition coefficient (Wildman–Crippen LogP) is 6.47. The van der Waals surface area contributed by atoms with Gasteiger partial charge in [-0.1, -0.05) is 71.7 Å². The van der Waals surface area contributed by atoms with Gasteiger partial charge in [-0.25, -0.2) is 0 Å². The number of halogens is 2. The van der Waals surface area contributed by atoms with Crippen LogP contribution in [0.2, 0.25) is 10.0 Å². The summed E-state index contributed by atoms with van der Waals surface area (Å²) in [5.74, 6) is -0.113. The lowest BCUT2D eigenvalue weighted by Gasteiger charge is -2.17. The number of rotatable bonds is 5. The second-order valence-electron chi connectivity index (χ2n) is 5.34. The summed E-state index contributed by atoms with van der Waals surface area (Å²) in [6.45, 7) is 0. The van der Waals surface area contributed by atoms with E-state index in [0.29, 0.717) is 15.7 Å². The second-order valence-corrected chi connectivity index (χ2v) is 7.33. The molecule has 0 radical (unpaired) electrons. The lowest BCUT2D eigenvalue weighted by atomic mass is 10.1. The van der Waals surface area contributed by atoms with Crippen LogP contribution in [0.15, 0.2) is 83.8 Å². The fraction of sp³-hybridized carbons (Fsp3) is 0.0500. The molecule has 2 nitrogen and oxygen atoms in total. The summed E-state index contributed by atoms with van der Waals surface area (Å²) >= 11 is 13.5. The van der Waals surface area contributed by atoms with Gasteiger partial charge in [0.1, 0.15) is 5.25 Å². The van der Waals surface area contributed by atoms with E-state index in [9.17, 15) is 4.79 Å². The zero-order chi connectivity index (χ0) is 17.6. The van der Waals surface area contributed by atoms with Gasteiger partial charge in [0, 0.05) is 10.6 Å². The number of hydrogen-bond donors (Lipinski definition) is 1. The molecular weight excluding hydrogens is 373 g/mol. The number of anilines is 1. The molecular formula is C20H15Cl2NOS. The van der Waals surface area contributed by atoms with Crippen molar-refractivity contribution in [2.45, 2.75) is 10.1 Å². The van der Waals surface area contributed by atoms with Crippen LogP contribution in [-0.4, -0.2) is 5.91 Å². The summed E-state index contributed by atoms with van der Waals surface area (Å²) in [5, 5.41) is 3.41. The lowest BCUT2D eigenvalue weighted by molar-refractivity contribution is -0.115. The van der Waals surface area contributed by atoms with Gasteiger partial charge in [-0.05, 0) is 35.9 Å². The number of carbonyl (C=O) groups is 1. The van der Waals surface area contributed by atoms with Gasteiger partial charge in [0.25, 0.3) is 0 Å². The van der Waals surface area contributed by atoms with Crippen molar-refractivity contribution in [3.8, 4) is 0 Å². The van der Waals surface area contributed by atoms with E-state index >= 15 is 0 Å². The minimum Gasteiger partial charge on any atom is -0.325 e. The SMILES string of the molecule is O=C(Nc1ccc(Cl)c(Cl)c1)C(Sc1ccccc1)c1ccccc1. The quantitative estimate of drug-likeness (QED) is 0.508. The zero-order valence-electron chi connectivity index (χ0n) is 13.2. The van der Waals surface area contributed by atoms with E-state index in [1.165, 1.54) is 11.8 Å². The van der Waals surface area contributed by atoms with Gasteiger partial charge in [0.05, 0.1) is 10.0 Å². The van der Waals surface area contributed by atoms with E-state index in [4.69, 9.17) is 23.2 Å². The van der Waals surface area contributed by atoms with Crippen molar-refractivity contribution in [2.24, 2.45) is 0 Å². The van der Waals surface area contributed by atoms with Gasteiger partial charge in [-0.3, -0.25) is 4.79 Å². The van der Waals surface area contributed by atoms with Gasteiger partial charge in [-0.15, -0.1) is 11.8 Å². The molecule has 0 saturated heterocycles. The number of hydrogen-bond acceptors (Lipinski definition) is 2. The number of amides is 1. The first kappa shape index (κ1) is 17.9. The van der Waals surface area contributed by atoms with Crippen molar-refractivity contribution in [3.05, 3.63) is 94.5 Å². The lowest BCUT2D eigenvalue weighted by Crippen LogP contribution is -2.19. The molecule has 126 valence electrons. The van der Waals surface area contributed by atoms with Crippen LogP contribution < -0.4 is 5.32 Å². The monoisotopic (exact) mass is 387 g/mol. The fourth-order valence-corrected chi connectivity index (χ4v) is 3.66. The Kier molecular flexibility index (Phi) is 6.03. The van der Waals surface area contributed by atoms with Crippen LogP contribution in [0.3, 0.4) is 0 Å². The van der Waals surface area contributed by atoms with Gasteiger partial charge in [0.2, 0.25) is 5.91 Å². The van der Waals surface area contributed by atoms with Crippen LogP contribution >= 0.6 is 35.0 Å². The van der Waals surface area contributed by atoms with E-state index in [2.05, 4.69) is 5.32 Å². The summed E-state index contributed by atoms with van der Waals surface area (Å²) in [5.41, 5.74) is 1.56. The summed E-state index contributed by atoms with van der Waals surface area (Å²) in [6.07, 6.45) is 0. The Morgan fingerprint density at radius 1 is 0.840 bits per heavy atom. The van der Waals surface area contributed by atoms with Gasteiger partial charge in [-0.2, -0.15) is 0 Å². The Bertz CT molecular complexity index is 856. The molecule has 0 spiro atoms. The van der Waals surface area contributed by atoms with Gasteiger partial charge in [0.15, 0.2) is 0 Å². The summed E-state index contributed by atoms with van der Waals surface area (Å²) in [6, 6.07) is 24.6. The molecule has 1 amide bonds. The molecule has 0 fully saturated rings. The standard InChI is InChI=1S/C20H15Cl2NOS/c21-17-12-11-15(13-18(17)22)23-20(24)19(14-7-3-1-4-8-14)25-16-9-5-2-6-10-16/h1-13,19H,(H,23,24). The molecule has 1 N–H and O–H groups in total. The smallest absolute Gasteiger partial charge is 0.242 e. The molecule has 1 atom stereocenters. The molecule has 3 aromatic rings. The largest absolute Gasteiger partial charge is 0.325 e.